The molecule has 0 spiro atoms. The van der Waals surface area contributed by atoms with Crippen LogP contribution >= 0.6 is 0 Å². The Hall–Kier alpha value is -0.200. The van der Waals surface area contributed by atoms with Gasteiger partial charge in [-0.15, -0.1) is 0 Å². The van der Waals surface area contributed by atoms with Crippen LogP contribution in [-0.4, -0.2) is 34.2 Å². The first-order chi connectivity index (χ1) is 4.85. The molecule has 5 heteroatoms. The molecule has 0 saturated heterocycles. The van der Waals surface area contributed by atoms with Crippen LogP contribution in [-0.2, 0) is 24.3 Å². The quantitative estimate of drug-likeness (QED) is 0.307. The highest BCUT2D eigenvalue weighted by Crippen LogP contribution is 1.93. The maximum Gasteiger partial charge on any atom is 0.217 e. The van der Waals surface area contributed by atoms with Gasteiger partial charge in [-0.3, -0.25) is 0 Å². The largest absolute Gasteiger partial charge is 0.351 e. The molecule has 0 amide bonds. The van der Waals surface area contributed by atoms with Gasteiger partial charge < -0.3 is 4.74 Å². The van der Waals surface area contributed by atoms with E-state index < -0.39 is 6.29 Å². The third kappa shape index (κ3) is 4.66. The zero-order valence-electron chi connectivity index (χ0n) is 6.33. The van der Waals surface area contributed by atoms with Gasteiger partial charge in [-0.05, 0) is 0 Å². The monoisotopic (exact) mass is 152 g/mol. The normalized spacial score (nSPS) is 13.5. The summed E-state index contributed by atoms with van der Waals surface area (Å²) in [7, 11) is 4.26. The van der Waals surface area contributed by atoms with Crippen molar-refractivity contribution >= 4 is 0 Å². The standard InChI is InChI=1S/C5H12O5/c1-6-5(10-8-3)4-9-7-2/h5H,4H2,1-3H3. The molecule has 1 atom stereocenters. The highest BCUT2D eigenvalue weighted by atomic mass is 17.2. The Morgan fingerprint density at radius 2 is 1.80 bits per heavy atom. The van der Waals surface area contributed by atoms with Crippen LogP contribution in [0.15, 0.2) is 0 Å². The Morgan fingerprint density at radius 3 is 2.20 bits per heavy atom. The molecule has 5 nitrogen and oxygen atoms in total. The Kier molecular flexibility index (Phi) is 6.78. The first-order valence-corrected chi connectivity index (χ1v) is 2.73. The summed E-state index contributed by atoms with van der Waals surface area (Å²) in [6.07, 6.45) is -0.551. The van der Waals surface area contributed by atoms with Crippen LogP contribution in [0.1, 0.15) is 0 Å². The lowest BCUT2D eigenvalue weighted by molar-refractivity contribution is -0.394. The molecule has 10 heavy (non-hydrogen) atoms. The van der Waals surface area contributed by atoms with Gasteiger partial charge >= 0.3 is 0 Å². The minimum absolute atomic E-state index is 0.167. The van der Waals surface area contributed by atoms with Crippen molar-refractivity contribution in [1.29, 1.82) is 0 Å². The smallest absolute Gasteiger partial charge is 0.217 e. The number of methoxy groups -OCH3 is 1. The van der Waals surface area contributed by atoms with Crippen LogP contribution in [0.25, 0.3) is 0 Å². The summed E-state index contributed by atoms with van der Waals surface area (Å²) in [6, 6.07) is 0. The molecule has 1 unspecified atom stereocenters. The van der Waals surface area contributed by atoms with E-state index in [0.717, 1.165) is 0 Å². The first-order valence-electron chi connectivity index (χ1n) is 2.73. The second-order valence-corrected chi connectivity index (χ2v) is 1.38. The molecule has 0 aromatic carbocycles. The van der Waals surface area contributed by atoms with E-state index in [1.165, 1.54) is 21.3 Å². The average Bonchev–Trinajstić information content (AvgIpc) is 1.98. The summed E-state index contributed by atoms with van der Waals surface area (Å²) in [5.41, 5.74) is 0. The molecule has 0 aliphatic carbocycles. The van der Waals surface area contributed by atoms with E-state index in [1.807, 2.05) is 0 Å². The van der Waals surface area contributed by atoms with E-state index in [0.29, 0.717) is 0 Å². The van der Waals surface area contributed by atoms with Crippen molar-refractivity contribution in [2.45, 2.75) is 6.29 Å². The van der Waals surface area contributed by atoms with Gasteiger partial charge in [0.1, 0.15) is 6.61 Å². The number of rotatable bonds is 6. The molecule has 0 aliphatic rings. The number of hydrogen-bond acceptors (Lipinski definition) is 5. The minimum atomic E-state index is -0.551. The zero-order chi connectivity index (χ0) is 7.82. The van der Waals surface area contributed by atoms with Gasteiger partial charge in [-0.25, -0.2) is 19.6 Å². The lowest BCUT2D eigenvalue weighted by atomic mass is 10.7. The van der Waals surface area contributed by atoms with Gasteiger partial charge in [0.25, 0.3) is 0 Å². The third-order valence-electron chi connectivity index (χ3n) is 0.788. The van der Waals surface area contributed by atoms with Crippen LogP contribution in [0.3, 0.4) is 0 Å². The molecule has 0 fully saturated rings. The van der Waals surface area contributed by atoms with Crippen LogP contribution in [0.4, 0.5) is 0 Å². The fourth-order valence-corrected chi connectivity index (χ4v) is 0.366. The van der Waals surface area contributed by atoms with Crippen molar-refractivity contribution in [2.75, 3.05) is 27.9 Å². The fourth-order valence-electron chi connectivity index (χ4n) is 0.366. The van der Waals surface area contributed by atoms with Crippen molar-refractivity contribution in [3.63, 3.8) is 0 Å². The summed E-state index contributed by atoms with van der Waals surface area (Å²) in [6.45, 7) is 0.167. The van der Waals surface area contributed by atoms with Crippen molar-refractivity contribution < 1.29 is 24.3 Å². The van der Waals surface area contributed by atoms with Crippen LogP contribution in [0, 0.1) is 0 Å². The zero-order valence-corrected chi connectivity index (χ0v) is 6.33. The Morgan fingerprint density at radius 1 is 1.10 bits per heavy atom. The lowest BCUT2D eigenvalue weighted by Crippen LogP contribution is -2.21. The van der Waals surface area contributed by atoms with E-state index >= 15 is 0 Å². The minimum Gasteiger partial charge on any atom is -0.351 e. The summed E-state index contributed by atoms with van der Waals surface area (Å²) >= 11 is 0. The fraction of sp³-hybridized carbons (Fsp3) is 1.00. The number of ether oxygens (including phenoxy) is 1. The third-order valence-corrected chi connectivity index (χ3v) is 0.788. The predicted octanol–water partition coefficient (Wildman–Crippen LogP) is 0.115. The molecule has 0 heterocycles. The molecule has 0 saturated carbocycles. The van der Waals surface area contributed by atoms with Gasteiger partial charge in [0.2, 0.25) is 6.29 Å². The van der Waals surface area contributed by atoms with Crippen molar-refractivity contribution in [2.24, 2.45) is 0 Å². The Labute approximate surface area is 59.6 Å². The molecule has 0 rings (SSSR count). The summed E-state index contributed by atoms with van der Waals surface area (Å²) < 4.78 is 4.74. The molecule has 0 aromatic heterocycles. The van der Waals surface area contributed by atoms with E-state index in [4.69, 9.17) is 4.74 Å². The van der Waals surface area contributed by atoms with E-state index in [9.17, 15) is 0 Å². The van der Waals surface area contributed by atoms with E-state index in [-0.39, 0.29) is 6.61 Å². The van der Waals surface area contributed by atoms with Crippen LogP contribution in [0.5, 0.6) is 0 Å². The summed E-state index contributed by atoms with van der Waals surface area (Å²) in [4.78, 5) is 17.7. The van der Waals surface area contributed by atoms with Gasteiger partial charge in [-0.2, -0.15) is 0 Å². The van der Waals surface area contributed by atoms with Gasteiger partial charge in [0.05, 0.1) is 14.2 Å². The second-order valence-electron chi connectivity index (χ2n) is 1.38. The van der Waals surface area contributed by atoms with E-state index in [2.05, 4.69) is 19.6 Å². The Balaban J connectivity index is 3.21. The molecular formula is C5H12O5. The van der Waals surface area contributed by atoms with Crippen LogP contribution in [0.2, 0.25) is 0 Å². The molecule has 0 radical (unpaired) electrons. The van der Waals surface area contributed by atoms with Gasteiger partial charge in [0.15, 0.2) is 0 Å². The van der Waals surface area contributed by atoms with Gasteiger partial charge in [-0.1, -0.05) is 0 Å². The topological polar surface area (TPSA) is 46.2 Å². The molecule has 0 aliphatic heterocycles. The Bertz CT molecular complexity index is 67.1. The van der Waals surface area contributed by atoms with Crippen molar-refractivity contribution in [1.82, 2.24) is 0 Å². The lowest BCUT2D eigenvalue weighted by Gasteiger charge is -2.11. The average molecular weight is 152 g/mol. The van der Waals surface area contributed by atoms with Crippen molar-refractivity contribution in [3.05, 3.63) is 0 Å². The summed E-state index contributed by atoms with van der Waals surface area (Å²) in [5.74, 6) is 0. The molecule has 0 bridgehead atoms. The van der Waals surface area contributed by atoms with Crippen molar-refractivity contribution in [3.8, 4) is 0 Å². The molecule has 0 N–H and O–H groups in total. The van der Waals surface area contributed by atoms with Gasteiger partial charge in [0, 0.05) is 7.11 Å². The first kappa shape index (κ1) is 9.80. The predicted molar refractivity (Wildman–Crippen MR) is 31.9 cm³/mol. The molecular weight excluding hydrogens is 140 g/mol. The summed E-state index contributed by atoms with van der Waals surface area (Å²) in [5, 5.41) is 0. The SMILES string of the molecule is COOCC(OC)OOC. The second kappa shape index (κ2) is 6.91. The molecule has 0 aromatic rings. The maximum atomic E-state index is 4.74. The highest BCUT2D eigenvalue weighted by molar-refractivity contribution is 4.31. The maximum absolute atomic E-state index is 4.74. The van der Waals surface area contributed by atoms with Crippen LogP contribution < -0.4 is 0 Å². The molecule has 62 valence electrons. The highest BCUT2D eigenvalue weighted by Gasteiger charge is 2.07. The number of hydrogen-bond donors (Lipinski definition) is 0. The van der Waals surface area contributed by atoms with E-state index in [1.54, 1.807) is 0 Å².